The molecule has 0 radical (unpaired) electrons. The third-order valence-corrected chi connectivity index (χ3v) is 4.29. The summed E-state index contributed by atoms with van der Waals surface area (Å²) in [4.78, 5) is 12.4. The number of rotatable bonds is 5. The van der Waals surface area contributed by atoms with Crippen molar-refractivity contribution in [3.8, 4) is 0 Å². The van der Waals surface area contributed by atoms with Crippen molar-refractivity contribution in [2.24, 2.45) is 0 Å². The standard InChI is InChI=1S/C14H14BrNO2S/c15-11-7-13(19-9-11)14(18)16-8-12(17)6-10-4-2-1-3-5-10/h1-5,7,9,12,17H,6,8H2,(H,16,18)/t12-/m1/s1. The Hall–Kier alpha value is -1.17. The second-order valence-electron chi connectivity index (χ2n) is 4.18. The van der Waals surface area contributed by atoms with Gasteiger partial charge in [0.1, 0.15) is 0 Å². The fourth-order valence-electron chi connectivity index (χ4n) is 1.69. The van der Waals surface area contributed by atoms with E-state index in [1.807, 2.05) is 35.7 Å². The van der Waals surface area contributed by atoms with Gasteiger partial charge in [0.15, 0.2) is 0 Å². The van der Waals surface area contributed by atoms with E-state index >= 15 is 0 Å². The van der Waals surface area contributed by atoms with Crippen LogP contribution in [-0.2, 0) is 6.42 Å². The average molecular weight is 340 g/mol. The van der Waals surface area contributed by atoms with Crippen LogP contribution >= 0.6 is 27.3 Å². The van der Waals surface area contributed by atoms with Gasteiger partial charge in [0.05, 0.1) is 11.0 Å². The molecule has 5 heteroatoms. The van der Waals surface area contributed by atoms with Crippen molar-refractivity contribution in [1.82, 2.24) is 5.32 Å². The number of benzene rings is 1. The van der Waals surface area contributed by atoms with E-state index in [1.54, 1.807) is 6.07 Å². The molecule has 0 saturated heterocycles. The summed E-state index contributed by atoms with van der Waals surface area (Å²) in [5.74, 6) is -0.150. The van der Waals surface area contributed by atoms with Gasteiger partial charge in [-0.1, -0.05) is 30.3 Å². The molecular weight excluding hydrogens is 326 g/mol. The molecule has 100 valence electrons. The Balaban J connectivity index is 1.80. The van der Waals surface area contributed by atoms with Gasteiger partial charge in [-0.3, -0.25) is 4.79 Å². The summed E-state index contributed by atoms with van der Waals surface area (Å²) in [6.45, 7) is 0.253. The first kappa shape index (κ1) is 14.2. The lowest BCUT2D eigenvalue weighted by Crippen LogP contribution is -2.32. The largest absolute Gasteiger partial charge is 0.391 e. The molecule has 1 amide bonds. The van der Waals surface area contributed by atoms with Gasteiger partial charge in [-0.25, -0.2) is 0 Å². The summed E-state index contributed by atoms with van der Waals surface area (Å²) in [5, 5.41) is 14.5. The molecule has 0 fully saturated rings. The number of hydrogen-bond donors (Lipinski definition) is 2. The Morgan fingerprint density at radius 2 is 2.11 bits per heavy atom. The van der Waals surface area contributed by atoms with E-state index in [0.717, 1.165) is 10.0 Å². The highest BCUT2D eigenvalue weighted by Crippen LogP contribution is 2.19. The van der Waals surface area contributed by atoms with Gasteiger partial charge in [0.2, 0.25) is 0 Å². The van der Waals surface area contributed by atoms with E-state index < -0.39 is 6.10 Å². The van der Waals surface area contributed by atoms with Crippen molar-refractivity contribution < 1.29 is 9.90 Å². The molecule has 0 aliphatic heterocycles. The van der Waals surface area contributed by atoms with Gasteiger partial charge in [-0.05, 0) is 27.6 Å². The molecule has 2 N–H and O–H groups in total. The van der Waals surface area contributed by atoms with Crippen molar-refractivity contribution in [1.29, 1.82) is 0 Å². The minimum atomic E-state index is -0.574. The number of aliphatic hydroxyl groups excluding tert-OH is 1. The van der Waals surface area contributed by atoms with Crippen LogP contribution in [0.1, 0.15) is 15.2 Å². The number of halogens is 1. The highest BCUT2D eigenvalue weighted by atomic mass is 79.9. The molecule has 0 unspecified atom stereocenters. The van der Waals surface area contributed by atoms with Crippen molar-refractivity contribution in [2.75, 3.05) is 6.54 Å². The summed E-state index contributed by atoms with van der Waals surface area (Å²) < 4.78 is 0.896. The van der Waals surface area contributed by atoms with Crippen LogP contribution in [0.15, 0.2) is 46.3 Å². The van der Waals surface area contributed by atoms with E-state index in [-0.39, 0.29) is 12.5 Å². The monoisotopic (exact) mass is 339 g/mol. The number of aliphatic hydroxyl groups is 1. The van der Waals surface area contributed by atoms with Crippen LogP contribution in [0.2, 0.25) is 0 Å². The molecule has 19 heavy (non-hydrogen) atoms. The quantitative estimate of drug-likeness (QED) is 0.879. The number of hydrogen-bond acceptors (Lipinski definition) is 3. The third-order valence-electron chi connectivity index (χ3n) is 2.60. The molecule has 0 saturated carbocycles. The summed E-state index contributed by atoms with van der Waals surface area (Å²) in [6.07, 6.45) is -0.0373. The molecule has 1 aromatic heterocycles. The van der Waals surface area contributed by atoms with E-state index in [0.29, 0.717) is 11.3 Å². The maximum Gasteiger partial charge on any atom is 0.261 e. The lowest BCUT2D eigenvalue weighted by atomic mass is 10.1. The Morgan fingerprint density at radius 3 is 2.74 bits per heavy atom. The molecule has 2 rings (SSSR count). The Labute approximate surface area is 124 Å². The van der Waals surface area contributed by atoms with Gasteiger partial charge in [-0.15, -0.1) is 11.3 Å². The van der Waals surface area contributed by atoms with E-state index in [1.165, 1.54) is 11.3 Å². The average Bonchev–Trinajstić information content (AvgIpc) is 2.84. The first-order chi connectivity index (χ1) is 9.15. The van der Waals surface area contributed by atoms with E-state index in [9.17, 15) is 9.90 Å². The van der Waals surface area contributed by atoms with Gasteiger partial charge < -0.3 is 10.4 Å². The van der Waals surface area contributed by atoms with Crippen molar-refractivity contribution in [2.45, 2.75) is 12.5 Å². The second kappa shape index (κ2) is 6.84. The molecule has 0 spiro atoms. The van der Waals surface area contributed by atoms with Gasteiger partial charge >= 0.3 is 0 Å². The van der Waals surface area contributed by atoms with Crippen LogP contribution < -0.4 is 5.32 Å². The highest BCUT2D eigenvalue weighted by molar-refractivity contribution is 9.10. The number of thiophene rings is 1. The fraction of sp³-hybridized carbons (Fsp3) is 0.214. The SMILES string of the molecule is O=C(NC[C@H](O)Cc1ccccc1)c1cc(Br)cs1. The second-order valence-corrected chi connectivity index (χ2v) is 6.01. The summed E-state index contributed by atoms with van der Waals surface area (Å²) in [6, 6.07) is 11.5. The number of nitrogens with one attached hydrogen (secondary N) is 1. The molecule has 1 atom stereocenters. The maximum absolute atomic E-state index is 11.8. The van der Waals surface area contributed by atoms with Crippen LogP contribution in [-0.4, -0.2) is 23.7 Å². The third kappa shape index (κ3) is 4.45. The minimum Gasteiger partial charge on any atom is -0.391 e. The summed E-state index contributed by atoms with van der Waals surface area (Å²) in [5.41, 5.74) is 1.06. The van der Waals surface area contributed by atoms with Crippen molar-refractivity contribution in [3.05, 3.63) is 56.7 Å². The normalized spacial score (nSPS) is 12.1. The van der Waals surface area contributed by atoms with Crippen LogP contribution in [0.4, 0.5) is 0 Å². The Kier molecular flexibility index (Phi) is 5.13. The van der Waals surface area contributed by atoms with Crippen LogP contribution in [0.5, 0.6) is 0 Å². The topological polar surface area (TPSA) is 49.3 Å². The number of carbonyl (C=O) groups excluding carboxylic acids is 1. The Morgan fingerprint density at radius 1 is 1.37 bits per heavy atom. The Bertz CT molecular complexity index is 541. The highest BCUT2D eigenvalue weighted by Gasteiger charge is 2.11. The number of carbonyl (C=O) groups is 1. The first-order valence-electron chi connectivity index (χ1n) is 5.89. The molecule has 3 nitrogen and oxygen atoms in total. The van der Waals surface area contributed by atoms with Crippen LogP contribution in [0, 0.1) is 0 Å². The van der Waals surface area contributed by atoms with E-state index in [2.05, 4.69) is 21.2 Å². The molecule has 0 aliphatic carbocycles. The predicted octanol–water partition coefficient (Wildman–Crippen LogP) is 2.84. The van der Waals surface area contributed by atoms with Gasteiger partial charge in [-0.2, -0.15) is 0 Å². The van der Waals surface area contributed by atoms with Crippen LogP contribution in [0.3, 0.4) is 0 Å². The molecule has 0 bridgehead atoms. The first-order valence-corrected chi connectivity index (χ1v) is 7.56. The molecular formula is C14H14BrNO2S. The lowest BCUT2D eigenvalue weighted by Gasteiger charge is -2.11. The zero-order valence-electron chi connectivity index (χ0n) is 10.2. The predicted molar refractivity (Wildman–Crippen MR) is 80.5 cm³/mol. The van der Waals surface area contributed by atoms with Crippen LogP contribution in [0.25, 0.3) is 0 Å². The minimum absolute atomic E-state index is 0.150. The molecule has 2 aromatic rings. The zero-order valence-corrected chi connectivity index (χ0v) is 12.6. The van der Waals surface area contributed by atoms with Gasteiger partial charge in [0.25, 0.3) is 5.91 Å². The molecule has 1 heterocycles. The number of amides is 1. The van der Waals surface area contributed by atoms with Crippen molar-refractivity contribution in [3.63, 3.8) is 0 Å². The van der Waals surface area contributed by atoms with E-state index in [4.69, 9.17) is 0 Å². The fourth-order valence-corrected chi connectivity index (χ4v) is 3.03. The molecule has 1 aromatic carbocycles. The molecule has 0 aliphatic rings. The zero-order chi connectivity index (χ0) is 13.7. The summed E-state index contributed by atoms with van der Waals surface area (Å²) >= 11 is 4.68. The lowest BCUT2D eigenvalue weighted by molar-refractivity contribution is 0.0920. The smallest absolute Gasteiger partial charge is 0.261 e. The summed E-state index contributed by atoms with van der Waals surface area (Å²) in [7, 11) is 0. The maximum atomic E-state index is 11.8. The van der Waals surface area contributed by atoms with Crippen molar-refractivity contribution >= 4 is 33.2 Å². The van der Waals surface area contributed by atoms with Gasteiger partial charge in [0, 0.05) is 22.8 Å².